The topological polar surface area (TPSA) is 64.7 Å². The first-order valence-corrected chi connectivity index (χ1v) is 5.60. The van der Waals surface area contributed by atoms with Crippen LogP contribution in [0, 0.1) is 12.7 Å². The molecule has 6 heteroatoms. The first kappa shape index (κ1) is 11.5. The molecular weight excluding hydrogens is 247 g/mol. The van der Waals surface area contributed by atoms with Crippen molar-refractivity contribution in [3.05, 3.63) is 48.2 Å². The Morgan fingerprint density at radius 1 is 1.21 bits per heavy atom. The first-order valence-electron chi connectivity index (χ1n) is 5.60. The van der Waals surface area contributed by atoms with E-state index in [0.717, 1.165) is 5.56 Å². The van der Waals surface area contributed by atoms with Crippen LogP contribution in [0.1, 0.15) is 5.56 Å². The Morgan fingerprint density at radius 2 is 2.11 bits per heavy atom. The quantitative estimate of drug-likeness (QED) is 0.705. The van der Waals surface area contributed by atoms with Crippen molar-refractivity contribution in [1.82, 2.24) is 20.1 Å². The molecule has 0 aliphatic carbocycles. The number of rotatable bonds is 2. The van der Waals surface area contributed by atoms with Crippen LogP contribution < -0.4 is 0 Å². The molecule has 0 aliphatic heterocycles. The monoisotopic (exact) mass is 256 g/mol. The number of hydrogen-bond donors (Lipinski definition) is 0. The van der Waals surface area contributed by atoms with E-state index in [4.69, 9.17) is 4.52 Å². The summed E-state index contributed by atoms with van der Waals surface area (Å²) >= 11 is 0. The molecule has 2 aromatic heterocycles. The summed E-state index contributed by atoms with van der Waals surface area (Å²) in [7, 11) is 0. The fourth-order valence-corrected chi connectivity index (χ4v) is 1.68. The zero-order valence-corrected chi connectivity index (χ0v) is 10.0. The summed E-state index contributed by atoms with van der Waals surface area (Å²) in [5, 5.41) is 3.82. The molecule has 2 heterocycles. The van der Waals surface area contributed by atoms with Gasteiger partial charge in [0.1, 0.15) is 11.5 Å². The first-order chi connectivity index (χ1) is 9.24. The normalized spacial score (nSPS) is 10.6. The molecule has 0 saturated heterocycles. The third-order valence-electron chi connectivity index (χ3n) is 2.65. The standard InChI is InChI=1S/C13H9FN4O/c1-8-2-3-9(14)6-10(8)13-17-12(18-19-13)11-7-15-4-5-16-11/h2-7H,1H3. The predicted octanol–water partition coefficient (Wildman–Crippen LogP) is 2.64. The molecule has 0 amide bonds. The summed E-state index contributed by atoms with van der Waals surface area (Å²) in [6, 6.07) is 4.42. The van der Waals surface area contributed by atoms with Crippen LogP contribution in [-0.2, 0) is 0 Å². The van der Waals surface area contributed by atoms with E-state index in [2.05, 4.69) is 20.1 Å². The van der Waals surface area contributed by atoms with Crippen molar-refractivity contribution in [2.45, 2.75) is 6.92 Å². The van der Waals surface area contributed by atoms with Crippen molar-refractivity contribution < 1.29 is 8.91 Å². The molecule has 0 aliphatic rings. The predicted molar refractivity (Wildman–Crippen MR) is 65.5 cm³/mol. The average Bonchev–Trinajstić information content (AvgIpc) is 2.92. The van der Waals surface area contributed by atoms with Gasteiger partial charge < -0.3 is 4.52 Å². The fourth-order valence-electron chi connectivity index (χ4n) is 1.68. The van der Waals surface area contributed by atoms with Crippen LogP contribution in [0.25, 0.3) is 23.0 Å². The largest absolute Gasteiger partial charge is 0.334 e. The number of halogens is 1. The summed E-state index contributed by atoms with van der Waals surface area (Å²) in [5.41, 5.74) is 1.94. The van der Waals surface area contributed by atoms with Crippen molar-refractivity contribution in [2.75, 3.05) is 0 Å². The van der Waals surface area contributed by atoms with Crippen LogP contribution in [-0.4, -0.2) is 20.1 Å². The van der Waals surface area contributed by atoms with Gasteiger partial charge in [-0.3, -0.25) is 4.98 Å². The Morgan fingerprint density at radius 3 is 2.89 bits per heavy atom. The molecule has 5 nitrogen and oxygen atoms in total. The van der Waals surface area contributed by atoms with Crippen LogP contribution in [0.15, 0.2) is 41.3 Å². The SMILES string of the molecule is Cc1ccc(F)cc1-c1nc(-c2cnccn2)no1. The van der Waals surface area contributed by atoms with Gasteiger partial charge in [-0.25, -0.2) is 9.37 Å². The highest BCUT2D eigenvalue weighted by Gasteiger charge is 2.14. The molecule has 19 heavy (non-hydrogen) atoms. The summed E-state index contributed by atoms with van der Waals surface area (Å²) in [6.45, 7) is 1.85. The zero-order valence-electron chi connectivity index (χ0n) is 10.0. The lowest BCUT2D eigenvalue weighted by Gasteiger charge is -1.99. The van der Waals surface area contributed by atoms with Crippen molar-refractivity contribution in [2.24, 2.45) is 0 Å². The number of aryl methyl sites for hydroxylation is 1. The molecule has 0 bridgehead atoms. The second kappa shape index (κ2) is 4.56. The van der Waals surface area contributed by atoms with Crippen molar-refractivity contribution in [3.8, 4) is 23.0 Å². The van der Waals surface area contributed by atoms with Crippen molar-refractivity contribution in [1.29, 1.82) is 0 Å². The van der Waals surface area contributed by atoms with Crippen LogP contribution in [0.5, 0.6) is 0 Å². The van der Waals surface area contributed by atoms with Gasteiger partial charge in [-0.15, -0.1) is 0 Å². The maximum atomic E-state index is 13.3. The highest BCUT2D eigenvalue weighted by atomic mass is 19.1. The van der Waals surface area contributed by atoms with Crippen LogP contribution in [0.4, 0.5) is 4.39 Å². The van der Waals surface area contributed by atoms with E-state index in [1.54, 1.807) is 18.5 Å². The molecule has 0 atom stereocenters. The van der Waals surface area contributed by atoms with Gasteiger partial charge in [0, 0.05) is 18.0 Å². The van der Waals surface area contributed by atoms with E-state index in [9.17, 15) is 4.39 Å². The second-order valence-corrected chi connectivity index (χ2v) is 3.97. The molecule has 94 valence electrons. The Balaban J connectivity index is 2.04. The third-order valence-corrected chi connectivity index (χ3v) is 2.65. The smallest absolute Gasteiger partial charge is 0.258 e. The van der Waals surface area contributed by atoms with E-state index in [0.29, 0.717) is 17.1 Å². The molecule has 3 aromatic rings. The van der Waals surface area contributed by atoms with Gasteiger partial charge in [0.2, 0.25) is 5.82 Å². The Labute approximate surface area is 108 Å². The minimum Gasteiger partial charge on any atom is -0.334 e. The number of aromatic nitrogens is 4. The third kappa shape index (κ3) is 2.20. The van der Waals surface area contributed by atoms with E-state index < -0.39 is 0 Å². The molecular formula is C13H9FN4O. The van der Waals surface area contributed by atoms with Gasteiger partial charge in [-0.05, 0) is 24.6 Å². The number of hydrogen-bond acceptors (Lipinski definition) is 5. The minimum absolute atomic E-state index is 0.262. The van der Waals surface area contributed by atoms with Crippen molar-refractivity contribution >= 4 is 0 Å². The fraction of sp³-hybridized carbons (Fsp3) is 0.0769. The summed E-state index contributed by atoms with van der Waals surface area (Å²) in [6.07, 6.45) is 4.63. The molecule has 0 saturated carbocycles. The lowest BCUT2D eigenvalue weighted by Crippen LogP contribution is -1.88. The van der Waals surface area contributed by atoms with Crippen LogP contribution in [0.3, 0.4) is 0 Å². The molecule has 0 N–H and O–H groups in total. The zero-order chi connectivity index (χ0) is 13.2. The summed E-state index contributed by atoms with van der Waals surface area (Å²) in [5.74, 6) is 0.240. The Kier molecular flexibility index (Phi) is 2.75. The summed E-state index contributed by atoms with van der Waals surface area (Å²) in [4.78, 5) is 12.2. The molecule has 3 rings (SSSR count). The average molecular weight is 256 g/mol. The van der Waals surface area contributed by atoms with E-state index in [-0.39, 0.29) is 11.7 Å². The molecule has 0 fully saturated rings. The van der Waals surface area contributed by atoms with E-state index in [1.165, 1.54) is 18.3 Å². The van der Waals surface area contributed by atoms with Gasteiger partial charge in [0.25, 0.3) is 5.89 Å². The maximum Gasteiger partial charge on any atom is 0.258 e. The Bertz CT molecular complexity index is 712. The highest BCUT2D eigenvalue weighted by Crippen LogP contribution is 2.24. The van der Waals surface area contributed by atoms with E-state index in [1.807, 2.05) is 6.92 Å². The lowest BCUT2D eigenvalue weighted by molar-refractivity contribution is 0.431. The highest BCUT2D eigenvalue weighted by molar-refractivity contribution is 5.60. The van der Waals surface area contributed by atoms with Gasteiger partial charge in [-0.1, -0.05) is 11.2 Å². The number of benzene rings is 1. The van der Waals surface area contributed by atoms with Crippen LogP contribution in [0.2, 0.25) is 0 Å². The van der Waals surface area contributed by atoms with Gasteiger partial charge in [0.15, 0.2) is 0 Å². The van der Waals surface area contributed by atoms with Gasteiger partial charge in [-0.2, -0.15) is 4.98 Å². The lowest BCUT2D eigenvalue weighted by atomic mass is 10.1. The van der Waals surface area contributed by atoms with Gasteiger partial charge in [0.05, 0.1) is 6.20 Å². The molecule has 0 unspecified atom stereocenters. The van der Waals surface area contributed by atoms with E-state index >= 15 is 0 Å². The summed E-state index contributed by atoms with van der Waals surface area (Å²) < 4.78 is 18.4. The minimum atomic E-state index is -0.347. The van der Waals surface area contributed by atoms with Gasteiger partial charge >= 0.3 is 0 Å². The molecule has 0 spiro atoms. The van der Waals surface area contributed by atoms with Crippen molar-refractivity contribution in [3.63, 3.8) is 0 Å². The Hall–Kier alpha value is -2.63. The van der Waals surface area contributed by atoms with Crippen LogP contribution >= 0.6 is 0 Å². The molecule has 1 aromatic carbocycles. The second-order valence-electron chi connectivity index (χ2n) is 3.97. The molecule has 0 radical (unpaired) electrons. The maximum absolute atomic E-state index is 13.3. The number of nitrogens with zero attached hydrogens (tertiary/aromatic N) is 4.